The van der Waals surface area contributed by atoms with E-state index < -0.39 is 22.5 Å². The molecule has 0 saturated carbocycles. The molecule has 0 radical (unpaired) electrons. The Balaban J connectivity index is 1.35. The number of H-pyrrole nitrogens is 2. The molecule has 1 aliphatic heterocycles. The molecule has 6 rings (SSSR count). The van der Waals surface area contributed by atoms with E-state index in [0.29, 0.717) is 22.0 Å². The second kappa shape index (κ2) is 10.2. The van der Waals surface area contributed by atoms with Crippen molar-refractivity contribution in [2.24, 2.45) is 0 Å². The molecular weight excluding hydrogens is 550 g/mol. The van der Waals surface area contributed by atoms with E-state index in [0.717, 1.165) is 16.7 Å². The molecule has 0 aliphatic carbocycles. The average molecular weight is 575 g/mol. The smallest absolute Gasteiger partial charge is 0.288 e. The van der Waals surface area contributed by atoms with Gasteiger partial charge in [-0.25, -0.2) is 13.8 Å². The van der Waals surface area contributed by atoms with Gasteiger partial charge in [0.15, 0.2) is 11.6 Å². The van der Waals surface area contributed by atoms with E-state index in [1.165, 1.54) is 37.5 Å². The number of thioether (sulfide) groups is 1. The van der Waals surface area contributed by atoms with Gasteiger partial charge in [-0.05, 0) is 43.2 Å². The maximum absolute atomic E-state index is 15.4. The van der Waals surface area contributed by atoms with Crippen molar-refractivity contribution in [3.05, 3.63) is 102 Å². The number of fused-ring (bicyclic) bond motifs is 1. The number of aromatic amines is 2. The summed E-state index contributed by atoms with van der Waals surface area (Å²) >= 11 is 0.880. The predicted octanol–water partition coefficient (Wildman–Crippen LogP) is 6.12. The van der Waals surface area contributed by atoms with Gasteiger partial charge in [0, 0.05) is 42.0 Å². The number of imidazole rings is 1. The number of rotatable bonds is 7. The molecule has 1 saturated heterocycles. The Morgan fingerprint density at radius 3 is 2.59 bits per heavy atom. The molecular formula is C30H24F2N4O4S. The molecule has 0 bridgehead atoms. The Morgan fingerprint density at radius 1 is 1.07 bits per heavy atom. The third kappa shape index (κ3) is 4.76. The number of hydrogen-bond acceptors (Lipinski definition) is 6. The van der Waals surface area contributed by atoms with E-state index in [4.69, 9.17) is 4.74 Å². The van der Waals surface area contributed by atoms with Crippen LogP contribution in [0, 0.1) is 11.6 Å². The van der Waals surface area contributed by atoms with Crippen molar-refractivity contribution in [2.45, 2.75) is 24.2 Å². The Labute approximate surface area is 237 Å². The summed E-state index contributed by atoms with van der Waals surface area (Å²) < 4.78 is 36.4. The van der Waals surface area contributed by atoms with Gasteiger partial charge in [0.05, 0.1) is 16.5 Å². The molecule has 2 atom stereocenters. The molecule has 3 N–H and O–H groups in total. The molecule has 0 spiro atoms. The molecule has 1 aliphatic rings. The maximum atomic E-state index is 15.4. The number of nitrogens with one attached hydrogen (secondary N) is 2. The minimum absolute atomic E-state index is 0.0468. The molecule has 2 unspecified atom stereocenters. The van der Waals surface area contributed by atoms with Crippen LogP contribution in [-0.4, -0.2) is 48.4 Å². The molecule has 208 valence electrons. The lowest BCUT2D eigenvalue weighted by molar-refractivity contribution is -0.125. The Morgan fingerprint density at radius 2 is 1.85 bits per heavy atom. The van der Waals surface area contributed by atoms with Gasteiger partial charge in [-0.2, -0.15) is 0 Å². The van der Waals surface area contributed by atoms with Gasteiger partial charge in [0.2, 0.25) is 5.91 Å². The number of imide groups is 1. The molecule has 2 aromatic heterocycles. The van der Waals surface area contributed by atoms with Crippen LogP contribution >= 0.6 is 11.8 Å². The highest BCUT2D eigenvalue weighted by molar-refractivity contribution is 8.15. The van der Waals surface area contributed by atoms with Gasteiger partial charge < -0.3 is 19.8 Å². The normalized spacial score (nSPS) is 16.9. The number of carbonyl (C=O) groups excluding carboxylic acids is 2. The summed E-state index contributed by atoms with van der Waals surface area (Å²) in [5, 5.41) is 10.7. The third-order valence-corrected chi connectivity index (χ3v) is 8.33. The third-order valence-electron chi connectivity index (χ3n) is 7.20. The second-order valence-electron chi connectivity index (χ2n) is 9.90. The standard InChI is InChI=1S/C30H24F2N4O4S/c1-30(39,16-6-4-3-5-7-16)25-15-34-27(35-25)20-12-17(8-9-21(20)31)40-26-19(13-24-28(37)36(2)29(38)41-24)18-10-11-33-23(18)14-22(26)32/h3-12,14-15,24,33,39H,13H2,1-2H3,(H,34,35). The van der Waals surface area contributed by atoms with Crippen molar-refractivity contribution in [1.82, 2.24) is 19.9 Å². The minimum Gasteiger partial charge on any atom is -0.454 e. The summed E-state index contributed by atoms with van der Waals surface area (Å²) in [5.41, 5.74) is 0.430. The highest BCUT2D eigenvalue weighted by Gasteiger charge is 2.38. The van der Waals surface area contributed by atoms with E-state index in [-0.39, 0.29) is 46.1 Å². The summed E-state index contributed by atoms with van der Waals surface area (Å²) in [4.78, 5) is 36.1. The number of amides is 2. The summed E-state index contributed by atoms with van der Waals surface area (Å²) in [5.74, 6) is -1.51. The van der Waals surface area contributed by atoms with E-state index in [2.05, 4.69) is 15.0 Å². The zero-order valence-electron chi connectivity index (χ0n) is 21.9. The van der Waals surface area contributed by atoms with Gasteiger partial charge >= 0.3 is 0 Å². The summed E-state index contributed by atoms with van der Waals surface area (Å²) in [6.45, 7) is 1.60. The van der Waals surface area contributed by atoms with Crippen LogP contribution in [0.25, 0.3) is 22.3 Å². The number of nitrogens with zero attached hydrogens (tertiary/aromatic N) is 2. The number of halogens is 2. The van der Waals surface area contributed by atoms with Gasteiger partial charge in [-0.15, -0.1) is 0 Å². The highest BCUT2D eigenvalue weighted by atomic mass is 32.2. The highest BCUT2D eigenvalue weighted by Crippen LogP contribution is 2.39. The van der Waals surface area contributed by atoms with Crippen LogP contribution < -0.4 is 4.74 Å². The van der Waals surface area contributed by atoms with Gasteiger partial charge in [0.25, 0.3) is 5.24 Å². The minimum atomic E-state index is -1.43. The first-order chi connectivity index (χ1) is 19.6. The molecule has 5 aromatic rings. The lowest BCUT2D eigenvalue weighted by Crippen LogP contribution is -2.28. The Bertz CT molecular complexity index is 1800. The molecule has 3 aromatic carbocycles. The summed E-state index contributed by atoms with van der Waals surface area (Å²) in [7, 11) is 1.41. The molecule has 2 amide bonds. The zero-order valence-corrected chi connectivity index (χ0v) is 22.8. The second-order valence-corrected chi connectivity index (χ2v) is 11.0. The zero-order chi connectivity index (χ0) is 28.9. The Hall–Kier alpha value is -4.48. The van der Waals surface area contributed by atoms with Crippen LogP contribution in [0.4, 0.5) is 13.6 Å². The van der Waals surface area contributed by atoms with Crippen LogP contribution in [0.3, 0.4) is 0 Å². The Kier molecular flexibility index (Phi) is 6.63. The van der Waals surface area contributed by atoms with Gasteiger partial charge in [0.1, 0.15) is 23.0 Å². The monoisotopic (exact) mass is 574 g/mol. The number of hydrogen-bond donors (Lipinski definition) is 3. The predicted molar refractivity (Wildman–Crippen MR) is 151 cm³/mol. The van der Waals surface area contributed by atoms with Crippen LogP contribution in [0.1, 0.15) is 23.7 Å². The number of aromatic nitrogens is 3. The number of aliphatic hydroxyl groups is 1. The number of carbonyl (C=O) groups is 2. The van der Waals surface area contributed by atoms with Crippen LogP contribution in [-0.2, 0) is 16.8 Å². The topological polar surface area (TPSA) is 111 Å². The van der Waals surface area contributed by atoms with Crippen molar-refractivity contribution < 1.29 is 28.2 Å². The first-order valence-electron chi connectivity index (χ1n) is 12.7. The SMILES string of the molecule is CN1C(=O)SC(Cc2c(Oc3ccc(F)c(-c4nc(C(C)(O)c5ccccc5)c[nH]4)c3)c(F)cc3[nH]ccc23)C1=O. The fraction of sp³-hybridized carbons (Fsp3) is 0.167. The van der Waals surface area contributed by atoms with E-state index >= 15 is 8.78 Å². The fourth-order valence-electron chi connectivity index (χ4n) is 4.89. The largest absolute Gasteiger partial charge is 0.454 e. The van der Waals surface area contributed by atoms with Crippen molar-refractivity contribution in [3.63, 3.8) is 0 Å². The average Bonchev–Trinajstić information content (AvgIpc) is 3.70. The summed E-state index contributed by atoms with van der Waals surface area (Å²) in [6, 6.07) is 15.9. The van der Waals surface area contributed by atoms with Crippen molar-refractivity contribution in [2.75, 3.05) is 7.05 Å². The van der Waals surface area contributed by atoms with Crippen LogP contribution in [0.5, 0.6) is 11.5 Å². The van der Waals surface area contributed by atoms with E-state index in [1.54, 1.807) is 43.5 Å². The lowest BCUT2D eigenvalue weighted by atomic mass is 9.93. The molecule has 41 heavy (non-hydrogen) atoms. The van der Waals surface area contributed by atoms with E-state index in [1.807, 2.05) is 6.07 Å². The fourth-order valence-corrected chi connectivity index (χ4v) is 5.90. The molecule has 11 heteroatoms. The van der Waals surface area contributed by atoms with Gasteiger partial charge in [-0.1, -0.05) is 42.1 Å². The molecule has 8 nitrogen and oxygen atoms in total. The summed E-state index contributed by atoms with van der Waals surface area (Å²) in [6.07, 6.45) is 3.19. The van der Waals surface area contributed by atoms with Crippen molar-refractivity contribution in [3.8, 4) is 22.9 Å². The maximum Gasteiger partial charge on any atom is 0.288 e. The number of ether oxygens (including phenoxy) is 1. The molecule has 3 heterocycles. The van der Waals surface area contributed by atoms with Crippen molar-refractivity contribution in [1.29, 1.82) is 0 Å². The number of benzene rings is 3. The first-order valence-corrected chi connectivity index (χ1v) is 13.6. The lowest BCUT2D eigenvalue weighted by Gasteiger charge is -2.21. The van der Waals surface area contributed by atoms with Crippen molar-refractivity contribution >= 4 is 33.8 Å². The van der Waals surface area contributed by atoms with Gasteiger partial charge in [-0.3, -0.25) is 14.5 Å². The first kappa shape index (κ1) is 26.7. The van der Waals surface area contributed by atoms with Crippen LogP contribution in [0.2, 0.25) is 0 Å². The van der Waals surface area contributed by atoms with E-state index in [9.17, 15) is 14.7 Å². The quantitative estimate of drug-likeness (QED) is 0.216. The molecule has 1 fully saturated rings. The van der Waals surface area contributed by atoms with Crippen LogP contribution in [0.15, 0.2) is 73.1 Å².